The zero-order chi connectivity index (χ0) is 84.3. The van der Waals surface area contributed by atoms with E-state index in [0.29, 0.717) is 26.9 Å². The van der Waals surface area contributed by atoms with Crippen LogP contribution in [0.1, 0.15) is 181 Å². The molecule has 0 bridgehead atoms. The molecule has 6 aromatic carbocycles. The average Bonchev–Trinajstić information content (AvgIpc) is 1.52. The molecule has 12 aromatic rings. The maximum absolute atomic E-state index is 15.5. The summed E-state index contributed by atoms with van der Waals surface area (Å²) in [6.45, 7) is -1.88. The van der Waals surface area contributed by atoms with Crippen molar-refractivity contribution in [2.45, 2.75) is 151 Å². The molecule has 6 aliphatic rings. The lowest BCUT2D eigenvalue weighted by molar-refractivity contribution is -0.123. The summed E-state index contributed by atoms with van der Waals surface area (Å²) in [7, 11) is -4.69. The van der Waals surface area contributed by atoms with Gasteiger partial charge >= 0.3 is 0 Å². The van der Waals surface area contributed by atoms with Crippen molar-refractivity contribution < 1.29 is 79.1 Å². The Labute approximate surface area is 673 Å². The van der Waals surface area contributed by atoms with Crippen LogP contribution in [-0.4, -0.2) is 99.4 Å². The van der Waals surface area contributed by atoms with E-state index < -0.39 is 169 Å². The van der Waals surface area contributed by atoms with Gasteiger partial charge in [-0.25, -0.2) is 61.9 Å². The Hall–Kier alpha value is -11.2. The number of para-hydroxylation sites is 1. The molecule has 0 spiro atoms. The Bertz CT molecular complexity index is 6580. The standard InChI is InChI=1S/C40H35ClF6N8O4S.C40H36F6N8O4S/c1-53-34-29(10-9-26(41)32(34)37(51-53)52-60(2,58)59)55-38(49-27-14-20(19-5-3-4-6-19)7-8-23(27)39(55)57)28(13-18-11-21(42)15-22(43)12-18)48-30(56)17-54-35-31(33(50-54)36(44)45)24-16-25(24)40(35,46)47;1-52-34-25(37(50-52)51-59(2,57)58)8-5-9-30(34)54-38(48-28-15-21(20-6-3-4-7-20)10-11-24(28)39(54)56)29(14-19-12-22(41)16-23(42)13-19)47-31(55)18-53-35-32(33(49-53)36(43)44)26-17-27(26)40(35,45)46/h7-12,14-15,19,24-25,28,36H,3-6,13,16-17H2,1-2H3,(H,48,56)(H,51,52);5,8-13,15-16,20,26-27,29,36H,3-4,6-7,14,17-18H2,1-2H3,(H,47,55)(H,50,51)/t24-,25+,28-;26-,27+,29-/m00/s1. The molecule has 0 aliphatic heterocycles. The number of rotatable bonds is 22. The first kappa shape index (κ1) is 80.3. The number of sulfonamides is 2. The van der Waals surface area contributed by atoms with Crippen molar-refractivity contribution in [3.63, 3.8) is 0 Å². The van der Waals surface area contributed by atoms with Crippen molar-refractivity contribution in [3.05, 3.63) is 220 Å². The third-order valence-corrected chi connectivity index (χ3v) is 24.7. The largest absolute Gasteiger partial charge is 0.344 e. The van der Waals surface area contributed by atoms with Crippen LogP contribution in [0.2, 0.25) is 5.02 Å². The molecule has 119 heavy (non-hydrogen) atoms. The number of alkyl halides is 8. The molecule has 6 aliphatic carbocycles. The molecule has 4 saturated carbocycles. The lowest BCUT2D eigenvalue weighted by Gasteiger charge is -2.24. The van der Waals surface area contributed by atoms with Gasteiger partial charge in [0.15, 0.2) is 11.6 Å². The molecule has 4 fully saturated rings. The van der Waals surface area contributed by atoms with E-state index in [1.54, 1.807) is 42.5 Å². The van der Waals surface area contributed by atoms with Crippen molar-refractivity contribution in [3.8, 4) is 11.4 Å². The van der Waals surface area contributed by atoms with Gasteiger partial charge in [-0.1, -0.05) is 55.5 Å². The molecule has 39 heteroatoms. The maximum Gasteiger partial charge on any atom is 0.293 e. The summed E-state index contributed by atoms with van der Waals surface area (Å²) in [6.07, 6.45) is 2.50. The average molecular weight is 1710 g/mol. The SMILES string of the molecule is Cn1nc(NS(C)(=O)=O)c2c(Cl)ccc(-n3c([C@H](Cc4cc(F)cc(F)c4)NC(=O)Cn4nc(C(F)F)c5c4C(F)(F)[C@@H]4C[C@H]54)nc4cc(C5CCCC5)ccc4c3=O)c21.Cn1nc(NS(C)(=O)=O)c2cccc(-n3c([C@H](Cc4cc(F)cc(F)c4)NC(=O)Cn4nc(C(F)F)c5c4C(F)(F)[C@@H]4C[C@H]54)nc4cc(C5CCCC5)ccc4c3=O)c21. The number of hydrogen-bond donors (Lipinski definition) is 4. The van der Waals surface area contributed by atoms with E-state index in [1.807, 2.05) is 12.1 Å². The Morgan fingerprint density at radius 2 is 0.941 bits per heavy atom. The Balaban J connectivity index is 0.000000170. The summed E-state index contributed by atoms with van der Waals surface area (Å²) in [6, 6.07) is 20.6. The molecule has 0 unspecified atom stereocenters. The van der Waals surface area contributed by atoms with E-state index in [-0.39, 0.29) is 131 Å². The minimum Gasteiger partial charge on any atom is -0.344 e. The number of nitrogens with one attached hydrogen (secondary N) is 4. The first-order valence-electron chi connectivity index (χ1n) is 38.1. The van der Waals surface area contributed by atoms with Gasteiger partial charge in [0.05, 0.1) is 79.2 Å². The van der Waals surface area contributed by atoms with E-state index in [2.05, 4.69) is 40.5 Å². The number of carbonyl (C=O) groups is 2. The first-order chi connectivity index (χ1) is 56.4. The highest BCUT2D eigenvalue weighted by Crippen LogP contribution is 2.69. The zero-order valence-electron chi connectivity index (χ0n) is 63.4. The lowest BCUT2D eigenvalue weighted by Crippen LogP contribution is -2.38. The number of nitrogens with zero attached hydrogens (tertiary/aromatic N) is 12. The molecule has 6 atom stereocenters. The number of amides is 2. The number of benzene rings is 6. The lowest BCUT2D eigenvalue weighted by atomic mass is 9.96. The summed E-state index contributed by atoms with van der Waals surface area (Å²) in [4.78, 5) is 67.9. The van der Waals surface area contributed by atoms with E-state index in [0.717, 1.165) is 104 Å². The predicted octanol–water partition coefficient (Wildman–Crippen LogP) is 14.7. The molecule has 4 N–H and O–H groups in total. The van der Waals surface area contributed by atoms with Gasteiger partial charge in [0.1, 0.15) is 70.8 Å². The van der Waals surface area contributed by atoms with E-state index in [9.17, 15) is 71.1 Å². The molecule has 18 rings (SSSR count). The van der Waals surface area contributed by atoms with Gasteiger partial charge in [-0.15, -0.1) is 0 Å². The van der Waals surface area contributed by atoms with Crippen LogP contribution in [-0.2, 0) is 81.5 Å². The molecule has 6 aromatic heterocycles. The van der Waals surface area contributed by atoms with Crippen LogP contribution in [0.15, 0.2) is 113 Å². The van der Waals surface area contributed by atoms with Crippen molar-refractivity contribution in [1.82, 2.24) is 68.9 Å². The van der Waals surface area contributed by atoms with Gasteiger partial charge < -0.3 is 10.6 Å². The van der Waals surface area contributed by atoms with E-state index in [4.69, 9.17) is 21.6 Å². The first-order valence-corrected chi connectivity index (χ1v) is 42.3. The highest BCUT2D eigenvalue weighted by Gasteiger charge is 2.68. The van der Waals surface area contributed by atoms with E-state index >= 15 is 17.6 Å². The highest BCUT2D eigenvalue weighted by atomic mass is 35.5. The zero-order valence-corrected chi connectivity index (χ0v) is 65.7. The van der Waals surface area contributed by atoms with Crippen LogP contribution >= 0.6 is 11.6 Å². The molecule has 0 saturated heterocycles. The summed E-state index contributed by atoms with van der Waals surface area (Å²) in [5.74, 6) is -16.9. The van der Waals surface area contributed by atoms with Gasteiger partial charge in [-0.3, -0.25) is 56.5 Å². The number of anilines is 2. The molecular formula is C80H71ClF12N16O8S2. The molecule has 24 nitrogen and oxygen atoms in total. The molecule has 6 heterocycles. The molecule has 2 amide bonds. The van der Waals surface area contributed by atoms with Gasteiger partial charge in [-0.2, -0.15) is 38.0 Å². The smallest absolute Gasteiger partial charge is 0.293 e. The second kappa shape index (κ2) is 29.7. The van der Waals surface area contributed by atoms with Crippen molar-refractivity contribution in [1.29, 1.82) is 0 Å². The number of halogens is 13. The minimum atomic E-state index is -3.89. The number of aromatic nitrogens is 12. The number of fused-ring (bicyclic) bond motifs is 10. The van der Waals surface area contributed by atoms with Crippen LogP contribution in [0.3, 0.4) is 0 Å². The topological polar surface area (TPSA) is 292 Å². The molecular weight excluding hydrogens is 1640 g/mol. The Kier molecular flexibility index (Phi) is 20.0. The quantitative estimate of drug-likeness (QED) is 0.0459. The fourth-order valence-corrected chi connectivity index (χ4v) is 19.4. The monoisotopic (exact) mass is 1710 g/mol. The number of aryl methyl sites for hydroxylation is 2. The summed E-state index contributed by atoms with van der Waals surface area (Å²) < 4.78 is 237. The Morgan fingerprint density at radius 3 is 1.37 bits per heavy atom. The Morgan fingerprint density at radius 1 is 0.529 bits per heavy atom. The third-order valence-electron chi connectivity index (χ3n) is 23.2. The third kappa shape index (κ3) is 14.8. The van der Waals surface area contributed by atoms with Gasteiger partial charge in [-0.05, 0) is 157 Å². The maximum atomic E-state index is 15.5. The van der Waals surface area contributed by atoms with Crippen LogP contribution < -0.4 is 31.2 Å². The van der Waals surface area contributed by atoms with Gasteiger partial charge in [0, 0.05) is 67.4 Å². The van der Waals surface area contributed by atoms with Crippen LogP contribution in [0.25, 0.3) is 55.0 Å². The summed E-state index contributed by atoms with van der Waals surface area (Å²) in [5, 5.41) is 22.4. The summed E-state index contributed by atoms with van der Waals surface area (Å²) in [5.41, 5.74) is -2.00. The second-order valence-corrected chi connectivity index (χ2v) is 35.4. The van der Waals surface area contributed by atoms with Crippen LogP contribution in [0, 0.1) is 35.1 Å². The normalized spacial score (nSPS) is 19.0. The molecule has 0 radical (unpaired) electrons. The molecule has 622 valence electrons. The fourth-order valence-electron chi connectivity index (χ4n) is 18.2. The van der Waals surface area contributed by atoms with Gasteiger partial charge in [0.25, 0.3) is 35.8 Å². The summed E-state index contributed by atoms with van der Waals surface area (Å²) >= 11 is 6.63. The van der Waals surface area contributed by atoms with Gasteiger partial charge in [0.2, 0.25) is 31.9 Å². The van der Waals surface area contributed by atoms with Crippen molar-refractivity contribution in [2.75, 3.05) is 22.0 Å². The van der Waals surface area contributed by atoms with Crippen LogP contribution in [0.4, 0.5) is 64.3 Å². The highest BCUT2D eigenvalue weighted by molar-refractivity contribution is 7.92. The second-order valence-electron chi connectivity index (χ2n) is 31.5. The number of carbonyl (C=O) groups excluding carboxylic acids is 2. The minimum absolute atomic E-state index is 0.00594. The van der Waals surface area contributed by atoms with E-state index in [1.165, 1.54) is 40.2 Å². The van der Waals surface area contributed by atoms with Crippen LogP contribution in [0.5, 0.6) is 0 Å². The predicted molar refractivity (Wildman–Crippen MR) is 413 cm³/mol. The van der Waals surface area contributed by atoms with Crippen molar-refractivity contribution in [2.24, 2.45) is 25.9 Å². The fraction of sp³-hybridized carbons (Fsp3) is 0.375. The van der Waals surface area contributed by atoms with Crippen molar-refractivity contribution >= 4 is 98.7 Å². The number of hydrogen-bond acceptors (Lipinski definition) is 14.